The highest BCUT2D eigenvalue weighted by Gasteiger charge is 2.21. The molecule has 0 spiro atoms. The third-order valence-corrected chi connectivity index (χ3v) is 5.53. The van der Waals surface area contributed by atoms with E-state index in [0.29, 0.717) is 28.0 Å². The number of aryl methyl sites for hydroxylation is 2. The summed E-state index contributed by atoms with van der Waals surface area (Å²) in [5.41, 5.74) is 7.48. The van der Waals surface area contributed by atoms with Gasteiger partial charge in [-0.25, -0.2) is 4.98 Å². The Kier molecular flexibility index (Phi) is 6.00. The molecule has 0 bridgehead atoms. The summed E-state index contributed by atoms with van der Waals surface area (Å²) < 4.78 is 7.44. The van der Waals surface area contributed by atoms with Gasteiger partial charge in [-0.15, -0.1) is 0 Å². The summed E-state index contributed by atoms with van der Waals surface area (Å²) in [6, 6.07) is 15.3. The maximum absolute atomic E-state index is 13.0. The molecule has 0 aliphatic heterocycles. The number of ether oxygens (including phenoxy) is 1. The average Bonchev–Trinajstić information content (AvgIpc) is 3.09. The lowest BCUT2D eigenvalue weighted by Crippen LogP contribution is -2.47. The molecule has 4 aromatic rings. The van der Waals surface area contributed by atoms with Crippen LogP contribution in [0.5, 0.6) is 5.75 Å². The lowest BCUT2D eigenvalue weighted by molar-refractivity contribution is -0.128. The lowest BCUT2D eigenvalue weighted by atomic mass is 10.0. The normalized spacial score (nSPS) is 12.2. The maximum atomic E-state index is 13.0. The molecule has 1 atom stereocenters. The number of benzene rings is 2. The number of hydrazine groups is 1. The van der Waals surface area contributed by atoms with Gasteiger partial charge in [0.25, 0.3) is 11.8 Å². The van der Waals surface area contributed by atoms with E-state index >= 15 is 0 Å². The Balaban J connectivity index is 1.47. The number of carbonyl (C=O) groups excluding carboxylic acids is 2. The van der Waals surface area contributed by atoms with Gasteiger partial charge in [-0.2, -0.15) is 5.10 Å². The molecule has 2 aromatic carbocycles. The number of pyridine rings is 1. The van der Waals surface area contributed by atoms with Gasteiger partial charge in [0.15, 0.2) is 11.8 Å². The second kappa shape index (κ2) is 8.90. The van der Waals surface area contributed by atoms with Gasteiger partial charge in [0.1, 0.15) is 5.75 Å². The predicted molar refractivity (Wildman–Crippen MR) is 127 cm³/mol. The molecule has 1 unspecified atom stereocenters. The Morgan fingerprint density at radius 3 is 2.45 bits per heavy atom. The molecule has 8 nitrogen and oxygen atoms in total. The molecule has 0 aliphatic rings. The smallest absolute Gasteiger partial charge is 0.279 e. The highest BCUT2D eigenvalue weighted by Crippen LogP contribution is 2.25. The van der Waals surface area contributed by atoms with E-state index < -0.39 is 17.9 Å². The summed E-state index contributed by atoms with van der Waals surface area (Å²) in [5, 5.41) is 7.16. The standard InChI is InChI=1S/C25H27N5O3/c1-14(2)21-13-20(22-15(3)29-30(5)23(22)26-21)25(32)28-27-24(31)16(4)33-19-11-10-17-8-6-7-9-18(17)12-19/h6-14,16H,1-5H3,(H,27,31)(H,28,32). The monoisotopic (exact) mass is 445 g/mol. The Morgan fingerprint density at radius 2 is 1.73 bits per heavy atom. The minimum Gasteiger partial charge on any atom is -0.481 e. The second-order valence-electron chi connectivity index (χ2n) is 8.37. The molecule has 2 heterocycles. The first-order valence-electron chi connectivity index (χ1n) is 10.8. The van der Waals surface area contributed by atoms with Crippen LogP contribution in [-0.2, 0) is 11.8 Å². The third kappa shape index (κ3) is 4.50. The summed E-state index contributed by atoms with van der Waals surface area (Å²) in [7, 11) is 1.79. The summed E-state index contributed by atoms with van der Waals surface area (Å²) in [5.74, 6) is -0.201. The number of fused-ring (bicyclic) bond motifs is 2. The topological polar surface area (TPSA) is 98.1 Å². The summed E-state index contributed by atoms with van der Waals surface area (Å²) in [4.78, 5) is 30.2. The zero-order chi connectivity index (χ0) is 23.7. The Morgan fingerprint density at radius 1 is 1.00 bits per heavy atom. The average molecular weight is 446 g/mol. The van der Waals surface area contributed by atoms with Gasteiger partial charge in [0.2, 0.25) is 0 Å². The highest BCUT2D eigenvalue weighted by atomic mass is 16.5. The Labute approximate surface area is 191 Å². The molecular weight excluding hydrogens is 418 g/mol. The van der Waals surface area contributed by atoms with Crippen molar-refractivity contribution < 1.29 is 14.3 Å². The van der Waals surface area contributed by atoms with Crippen molar-refractivity contribution in [2.45, 2.75) is 39.7 Å². The van der Waals surface area contributed by atoms with Crippen molar-refractivity contribution in [1.29, 1.82) is 0 Å². The quantitative estimate of drug-likeness (QED) is 0.456. The van der Waals surface area contributed by atoms with Crippen LogP contribution in [0, 0.1) is 6.92 Å². The highest BCUT2D eigenvalue weighted by molar-refractivity contribution is 6.07. The van der Waals surface area contributed by atoms with Crippen LogP contribution in [0.3, 0.4) is 0 Å². The molecule has 8 heteroatoms. The van der Waals surface area contributed by atoms with E-state index in [0.717, 1.165) is 16.5 Å². The molecule has 0 radical (unpaired) electrons. The van der Waals surface area contributed by atoms with E-state index in [9.17, 15) is 9.59 Å². The largest absolute Gasteiger partial charge is 0.481 e. The van der Waals surface area contributed by atoms with Crippen molar-refractivity contribution in [1.82, 2.24) is 25.6 Å². The first kappa shape index (κ1) is 22.3. The van der Waals surface area contributed by atoms with E-state index in [2.05, 4.69) is 20.9 Å². The number of rotatable bonds is 5. The van der Waals surface area contributed by atoms with Gasteiger partial charge < -0.3 is 4.74 Å². The van der Waals surface area contributed by atoms with Crippen LogP contribution in [0.25, 0.3) is 21.8 Å². The zero-order valence-electron chi connectivity index (χ0n) is 19.3. The van der Waals surface area contributed by atoms with Crippen molar-refractivity contribution in [3.63, 3.8) is 0 Å². The third-order valence-electron chi connectivity index (χ3n) is 5.53. The lowest BCUT2D eigenvalue weighted by Gasteiger charge is -2.16. The number of nitrogens with one attached hydrogen (secondary N) is 2. The van der Waals surface area contributed by atoms with Gasteiger partial charge in [0, 0.05) is 12.7 Å². The number of aromatic nitrogens is 3. The van der Waals surface area contributed by atoms with Gasteiger partial charge in [-0.05, 0) is 48.7 Å². The molecule has 2 amide bonds. The van der Waals surface area contributed by atoms with Gasteiger partial charge in [-0.1, -0.05) is 44.2 Å². The van der Waals surface area contributed by atoms with Gasteiger partial charge in [-0.3, -0.25) is 25.1 Å². The molecule has 0 saturated heterocycles. The molecule has 2 N–H and O–H groups in total. The molecule has 2 aromatic heterocycles. The van der Waals surface area contributed by atoms with E-state index in [4.69, 9.17) is 4.74 Å². The number of amides is 2. The van der Waals surface area contributed by atoms with Crippen molar-refractivity contribution in [2.75, 3.05) is 0 Å². The first-order chi connectivity index (χ1) is 15.7. The number of carbonyl (C=O) groups is 2. The van der Waals surface area contributed by atoms with Crippen LogP contribution in [0.4, 0.5) is 0 Å². The van der Waals surface area contributed by atoms with E-state index in [1.807, 2.05) is 63.2 Å². The minimum absolute atomic E-state index is 0.126. The van der Waals surface area contributed by atoms with Crippen LogP contribution in [0.2, 0.25) is 0 Å². The van der Waals surface area contributed by atoms with Crippen molar-refractivity contribution in [2.24, 2.45) is 7.05 Å². The zero-order valence-corrected chi connectivity index (χ0v) is 19.3. The van der Waals surface area contributed by atoms with Crippen LogP contribution < -0.4 is 15.6 Å². The van der Waals surface area contributed by atoms with Crippen LogP contribution in [0.1, 0.15) is 48.4 Å². The molecular formula is C25H27N5O3. The number of nitrogens with zero attached hydrogens (tertiary/aromatic N) is 3. The predicted octanol–water partition coefficient (Wildman–Crippen LogP) is 3.78. The Bertz CT molecular complexity index is 1360. The summed E-state index contributed by atoms with van der Waals surface area (Å²) in [6.07, 6.45) is -0.810. The molecule has 0 saturated carbocycles. The fourth-order valence-corrected chi connectivity index (χ4v) is 3.72. The molecule has 0 aliphatic carbocycles. The Hall–Kier alpha value is -3.94. The van der Waals surface area contributed by atoms with Crippen molar-refractivity contribution >= 4 is 33.6 Å². The number of hydrogen-bond donors (Lipinski definition) is 2. The fraction of sp³-hybridized carbons (Fsp3) is 0.280. The second-order valence-corrected chi connectivity index (χ2v) is 8.37. The fourth-order valence-electron chi connectivity index (χ4n) is 3.72. The van der Waals surface area contributed by atoms with E-state index in [1.165, 1.54) is 0 Å². The minimum atomic E-state index is -0.810. The van der Waals surface area contributed by atoms with Gasteiger partial charge in [0.05, 0.1) is 16.6 Å². The molecule has 4 rings (SSSR count). The molecule has 33 heavy (non-hydrogen) atoms. The van der Waals surface area contributed by atoms with Crippen molar-refractivity contribution in [3.8, 4) is 5.75 Å². The number of hydrogen-bond acceptors (Lipinski definition) is 5. The van der Waals surface area contributed by atoms with Crippen LogP contribution in [-0.4, -0.2) is 32.7 Å². The van der Waals surface area contributed by atoms with Crippen LogP contribution in [0.15, 0.2) is 48.5 Å². The van der Waals surface area contributed by atoms with Crippen LogP contribution >= 0.6 is 0 Å². The first-order valence-corrected chi connectivity index (χ1v) is 10.8. The van der Waals surface area contributed by atoms with E-state index in [1.54, 1.807) is 24.7 Å². The maximum Gasteiger partial charge on any atom is 0.279 e. The SMILES string of the molecule is Cc1nn(C)c2nc(C(C)C)cc(C(=O)NNC(=O)C(C)Oc3ccc4ccccc4c3)c12. The molecule has 170 valence electrons. The molecule has 0 fully saturated rings. The summed E-state index contributed by atoms with van der Waals surface area (Å²) in [6.45, 7) is 7.47. The van der Waals surface area contributed by atoms with E-state index in [-0.39, 0.29) is 5.92 Å². The van der Waals surface area contributed by atoms with Gasteiger partial charge >= 0.3 is 0 Å². The summed E-state index contributed by atoms with van der Waals surface area (Å²) >= 11 is 0. The van der Waals surface area contributed by atoms with Crippen molar-refractivity contribution in [3.05, 3.63) is 65.5 Å².